The predicted molar refractivity (Wildman–Crippen MR) is 165 cm³/mol. The number of anilines is 1. The van der Waals surface area contributed by atoms with Gasteiger partial charge in [-0.15, -0.1) is 0 Å². The summed E-state index contributed by atoms with van der Waals surface area (Å²) >= 11 is 8.74. The first-order valence-corrected chi connectivity index (χ1v) is 15.1. The van der Waals surface area contributed by atoms with Gasteiger partial charge in [0.1, 0.15) is 5.75 Å². The molecule has 0 saturated heterocycles. The molecule has 0 aliphatic heterocycles. The van der Waals surface area contributed by atoms with E-state index in [2.05, 4.69) is 26.6 Å². The molecule has 2 N–H and O–H groups in total. The second-order valence-electron chi connectivity index (χ2n) is 8.90. The fourth-order valence-electron chi connectivity index (χ4n) is 3.88. The molecule has 0 saturated carbocycles. The molecule has 0 aromatic heterocycles. The van der Waals surface area contributed by atoms with Crippen molar-refractivity contribution in [2.24, 2.45) is 0 Å². The van der Waals surface area contributed by atoms with Crippen molar-refractivity contribution >= 4 is 54.9 Å². The van der Waals surface area contributed by atoms with Gasteiger partial charge in [0.15, 0.2) is 5.11 Å². The molecule has 0 aliphatic rings. The SMILES string of the molecule is CN(Cc1ccccc1)S(=O)(=O)c1ccc(NC(=S)NC(=O)c2cc(Br)ccc2OCCc2ccccc2)cc1. The molecular weight excluding hydrogens is 610 g/mol. The van der Waals surface area contributed by atoms with Crippen molar-refractivity contribution < 1.29 is 17.9 Å². The van der Waals surface area contributed by atoms with E-state index in [0.717, 1.165) is 15.6 Å². The zero-order valence-electron chi connectivity index (χ0n) is 21.7. The van der Waals surface area contributed by atoms with Gasteiger partial charge in [-0.3, -0.25) is 10.1 Å². The molecule has 206 valence electrons. The van der Waals surface area contributed by atoms with Crippen LogP contribution in [0.3, 0.4) is 0 Å². The van der Waals surface area contributed by atoms with Gasteiger partial charge in [-0.05, 0) is 65.8 Å². The van der Waals surface area contributed by atoms with E-state index in [1.807, 2.05) is 60.7 Å². The lowest BCUT2D eigenvalue weighted by atomic mass is 10.1. The lowest BCUT2D eigenvalue weighted by molar-refractivity contribution is 0.0973. The number of halogens is 1. The van der Waals surface area contributed by atoms with Crippen molar-refractivity contribution in [2.75, 3.05) is 19.0 Å². The number of carbonyl (C=O) groups is 1. The number of thiocarbonyl (C=S) groups is 1. The van der Waals surface area contributed by atoms with Crippen LogP contribution in [0.15, 0.2) is 112 Å². The zero-order valence-corrected chi connectivity index (χ0v) is 24.9. The highest BCUT2D eigenvalue weighted by Crippen LogP contribution is 2.24. The maximum atomic E-state index is 13.0. The van der Waals surface area contributed by atoms with Crippen molar-refractivity contribution in [1.29, 1.82) is 0 Å². The Morgan fingerprint density at radius 2 is 1.52 bits per heavy atom. The molecule has 4 rings (SSSR count). The van der Waals surface area contributed by atoms with E-state index >= 15 is 0 Å². The minimum absolute atomic E-state index is 0.0667. The Balaban J connectivity index is 1.35. The molecule has 1 amide bonds. The average Bonchev–Trinajstić information content (AvgIpc) is 2.95. The summed E-state index contributed by atoms with van der Waals surface area (Å²) in [6, 6.07) is 30.7. The molecule has 7 nitrogen and oxygen atoms in total. The lowest BCUT2D eigenvalue weighted by Gasteiger charge is -2.18. The molecule has 0 unspecified atom stereocenters. The molecular formula is C30H28BrN3O4S2. The van der Waals surface area contributed by atoms with E-state index in [0.29, 0.717) is 30.0 Å². The highest BCUT2D eigenvalue weighted by Gasteiger charge is 2.21. The molecule has 4 aromatic carbocycles. The van der Waals surface area contributed by atoms with Gasteiger partial charge in [0.2, 0.25) is 10.0 Å². The Hall–Kier alpha value is -3.57. The maximum absolute atomic E-state index is 13.0. The van der Waals surface area contributed by atoms with Crippen molar-refractivity contribution in [3.8, 4) is 5.75 Å². The van der Waals surface area contributed by atoms with Gasteiger partial charge in [0, 0.05) is 30.2 Å². The molecule has 4 aromatic rings. The number of nitrogens with zero attached hydrogens (tertiary/aromatic N) is 1. The number of hydrogen-bond acceptors (Lipinski definition) is 5. The van der Waals surface area contributed by atoms with E-state index < -0.39 is 15.9 Å². The molecule has 0 bridgehead atoms. The summed E-state index contributed by atoms with van der Waals surface area (Å²) in [6.07, 6.45) is 0.700. The number of benzene rings is 4. The minimum Gasteiger partial charge on any atom is -0.492 e. The number of ether oxygens (including phenoxy) is 1. The third-order valence-corrected chi connectivity index (χ3v) is 8.49. The first-order chi connectivity index (χ1) is 19.2. The number of rotatable bonds is 10. The van der Waals surface area contributed by atoms with Gasteiger partial charge in [-0.1, -0.05) is 76.6 Å². The van der Waals surface area contributed by atoms with Crippen LogP contribution < -0.4 is 15.4 Å². The van der Waals surface area contributed by atoms with Crippen LogP contribution in [0.1, 0.15) is 21.5 Å². The second kappa shape index (κ2) is 13.7. The first-order valence-electron chi connectivity index (χ1n) is 12.4. The van der Waals surface area contributed by atoms with E-state index in [4.69, 9.17) is 17.0 Å². The van der Waals surface area contributed by atoms with E-state index in [-0.39, 0.29) is 16.6 Å². The number of amides is 1. The Morgan fingerprint density at radius 3 is 2.17 bits per heavy atom. The Labute approximate surface area is 248 Å². The summed E-state index contributed by atoms with van der Waals surface area (Å²) in [5.74, 6) is 0.00357. The van der Waals surface area contributed by atoms with Gasteiger partial charge in [0.05, 0.1) is 17.1 Å². The summed E-state index contributed by atoms with van der Waals surface area (Å²) < 4.78 is 33.9. The summed E-state index contributed by atoms with van der Waals surface area (Å²) in [4.78, 5) is 13.2. The molecule has 10 heteroatoms. The van der Waals surface area contributed by atoms with Gasteiger partial charge in [-0.25, -0.2) is 8.42 Å². The number of hydrogen-bond donors (Lipinski definition) is 2. The Bertz CT molecular complexity index is 1570. The highest BCUT2D eigenvalue weighted by atomic mass is 79.9. The molecule has 40 heavy (non-hydrogen) atoms. The van der Waals surface area contributed by atoms with Gasteiger partial charge < -0.3 is 10.1 Å². The molecule has 0 fully saturated rings. The fourth-order valence-corrected chi connectivity index (χ4v) is 5.61. The summed E-state index contributed by atoms with van der Waals surface area (Å²) in [6.45, 7) is 0.664. The van der Waals surface area contributed by atoms with E-state index in [1.165, 1.54) is 16.4 Å². The summed E-state index contributed by atoms with van der Waals surface area (Å²) in [5, 5.41) is 5.66. The lowest BCUT2D eigenvalue weighted by Crippen LogP contribution is -2.34. The molecule has 0 radical (unpaired) electrons. The molecule has 0 spiro atoms. The second-order valence-corrected chi connectivity index (χ2v) is 12.3. The van der Waals surface area contributed by atoms with Crippen LogP contribution in [0.2, 0.25) is 0 Å². The number of carbonyl (C=O) groups excluding carboxylic acids is 1. The largest absolute Gasteiger partial charge is 0.492 e. The van der Waals surface area contributed by atoms with Crippen molar-refractivity contribution in [3.05, 3.63) is 124 Å². The minimum atomic E-state index is -3.69. The van der Waals surface area contributed by atoms with Gasteiger partial charge in [0.25, 0.3) is 5.91 Å². The predicted octanol–water partition coefficient (Wildman–Crippen LogP) is 6.02. The van der Waals surface area contributed by atoms with E-state index in [1.54, 1.807) is 37.4 Å². The Kier molecular flexibility index (Phi) is 10.1. The number of nitrogens with one attached hydrogen (secondary N) is 2. The fraction of sp³-hybridized carbons (Fsp3) is 0.133. The smallest absolute Gasteiger partial charge is 0.261 e. The van der Waals surface area contributed by atoms with Crippen molar-refractivity contribution in [3.63, 3.8) is 0 Å². The normalized spacial score (nSPS) is 11.2. The van der Waals surface area contributed by atoms with Crippen molar-refractivity contribution in [2.45, 2.75) is 17.9 Å². The zero-order chi connectivity index (χ0) is 28.5. The number of sulfonamides is 1. The Morgan fingerprint density at radius 1 is 0.900 bits per heavy atom. The van der Waals surface area contributed by atoms with Crippen molar-refractivity contribution in [1.82, 2.24) is 9.62 Å². The van der Waals surface area contributed by atoms with Crippen LogP contribution in [-0.2, 0) is 23.0 Å². The average molecular weight is 639 g/mol. The first kappa shape index (κ1) is 29.4. The van der Waals surface area contributed by atoms with Crippen LogP contribution in [0, 0.1) is 0 Å². The quantitative estimate of drug-likeness (QED) is 0.207. The van der Waals surface area contributed by atoms with Crippen LogP contribution in [0.25, 0.3) is 0 Å². The summed E-state index contributed by atoms with van der Waals surface area (Å²) in [7, 11) is -2.14. The highest BCUT2D eigenvalue weighted by molar-refractivity contribution is 9.10. The van der Waals surface area contributed by atoms with Crippen LogP contribution >= 0.6 is 28.1 Å². The molecule has 0 heterocycles. The molecule has 0 aliphatic carbocycles. The monoisotopic (exact) mass is 637 g/mol. The van der Waals surface area contributed by atoms with Crippen LogP contribution in [-0.4, -0.2) is 37.4 Å². The maximum Gasteiger partial charge on any atom is 0.261 e. The third-order valence-electron chi connectivity index (χ3n) is 5.97. The molecule has 0 atom stereocenters. The van der Waals surface area contributed by atoms with Gasteiger partial charge >= 0.3 is 0 Å². The van der Waals surface area contributed by atoms with Crippen LogP contribution in [0.5, 0.6) is 5.75 Å². The van der Waals surface area contributed by atoms with Gasteiger partial charge in [-0.2, -0.15) is 4.31 Å². The third kappa shape index (κ3) is 7.98. The topological polar surface area (TPSA) is 87.7 Å². The summed E-state index contributed by atoms with van der Waals surface area (Å²) in [5.41, 5.74) is 2.89. The standard InChI is InChI=1S/C30H28BrN3O4S2/c1-34(21-23-10-6-3-7-11-23)40(36,37)26-15-13-25(14-16-26)32-30(39)33-29(35)27-20-24(31)12-17-28(27)38-19-18-22-8-4-2-5-9-22/h2-17,20H,18-19,21H2,1H3,(H2,32,33,35,39). The van der Waals surface area contributed by atoms with E-state index in [9.17, 15) is 13.2 Å². The van der Waals surface area contributed by atoms with Crippen LogP contribution in [0.4, 0.5) is 5.69 Å².